The Morgan fingerprint density at radius 2 is 1.76 bits per heavy atom. The lowest BCUT2D eigenvalue weighted by Crippen LogP contribution is -2.39. The summed E-state index contributed by atoms with van der Waals surface area (Å²) >= 11 is 0. The molecule has 1 amide bonds. The summed E-state index contributed by atoms with van der Waals surface area (Å²) in [6, 6.07) is 7.82. The van der Waals surface area contributed by atoms with Gasteiger partial charge in [-0.3, -0.25) is 9.78 Å². The van der Waals surface area contributed by atoms with Crippen LogP contribution in [-0.4, -0.2) is 35.1 Å². The number of ether oxygens (including phenoxy) is 2. The third kappa shape index (κ3) is 4.68. The molecule has 0 unspecified atom stereocenters. The van der Waals surface area contributed by atoms with Crippen molar-refractivity contribution < 1.29 is 14.3 Å². The summed E-state index contributed by atoms with van der Waals surface area (Å²) in [4.78, 5) is 20.6. The molecule has 1 aromatic heterocycles. The Morgan fingerprint density at radius 1 is 1.08 bits per heavy atom. The van der Waals surface area contributed by atoms with Crippen molar-refractivity contribution in [3.8, 4) is 11.8 Å². The molecule has 0 spiro atoms. The Kier molecular flexibility index (Phi) is 5.48. The molecule has 6 nitrogen and oxygen atoms in total. The zero-order chi connectivity index (χ0) is 17.6. The van der Waals surface area contributed by atoms with Crippen LogP contribution in [0.2, 0.25) is 0 Å². The number of methoxy groups -OCH3 is 1. The van der Waals surface area contributed by atoms with Crippen LogP contribution in [0.4, 0.5) is 0 Å². The predicted molar refractivity (Wildman–Crippen MR) is 93.9 cm³/mol. The van der Waals surface area contributed by atoms with E-state index < -0.39 is 0 Å². The van der Waals surface area contributed by atoms with Gasteiger partial charge in [0.05, 0.1) is 19.5 Å². The molecule has 0 radical (unpaired) electrons. The second-order valence-corrected chi connectivity index (χ2v) is 6.33. The van der Waals surface area contributed by atoms with Crippen molar-refractivity contribution in [2.24, 2.45) is 0 Å². The van der Waals surface area contributed by atoms with Crippen molar-refractivity contribution in [2.45, 2.75) is 44.8 Å². The maximum absolute atomic E-state index is 12.3. The summed E-state index contributed by atoms with van der Waals surface area (Å²) in [6.45, 7) is 2.01. The lowest BCUT2D eigenvalue weighted by Gasteiger charge is -2.29. The van der Waals surface area contributed by atoms with Crippen molar-refractivity contribution in [3.63, 3.8) is 0 Å². The van der Waals surface area contributed by atoms with Crippen LogP contribution >= 0.6 is 0 Å². The molecule has 1 N–H and O–H groups in total. The van der Waals surface area contributed by atoms with Gasteiger partial charge < -0.3 is 14.8 Å². The number of benzene rings is 1. The highest BCUT2D eigenvalue weighted by Gasteiger charge is 2.24. The molecule has 1 aromatic carbocycles. The quantitative estimate of drug-likeness (QED) is 0.905. The zero-order valence-electron chi connectivity index (χ0n) is 14.6. The lowest BCUT2D eigenvalue weighted by atomic mass is 9.92. The molecule has 132 valence electrons. The van der Waals surface area contributed by atoms with Crippen LogP contribution in [0.5, 0.6) is 11.8 Å². The van der Waals surface area contributed by atoms with E-state index in [4.69, 9.17) is 9.47 Å². The highest BCUT2D eigenvalue weighted by molar-refractivity contribution is 5.94. The normalized spacial score (nSPS) is 19.9. The maximum Gasteiger partial charge on any atom is 0.251 e. The maximum atomic E-state index is 12.3. The Hall–Kier alpha value is -2.63. The Morgan fingerprint density at radius 3 is 2.44 bits per heavy atom. The van der Waals surface area contributed by atoms with Gasteiger partial charge in [-0.05, 0) is 44.7 Å². The number of hydrogen-bond donors (Lipinski definition) is 1. The Balaban J connectivity index is 1.48. The largest absolute Gasteiger partial charge is 0.480 e. The highest BCUT2D eigenvalue weighted by atomic mass is 16.5. The molecule has 0 aliphatic heterocycles. The summed E-state index contributed by atoms with van der Waals surface area (Å²) in [7, 11) is 1.55. The summed E-state index contributed by atoms with van der Waals surface area (Å²) in [5.41, 5.74) is 1.85. The van der Waals surface area contributed by atoms with Crippen molar-refractivity contribution in [1.82, 2.24) is 15.3 Å². The number of carbonyl (C=O) groups excluding carboxylic acids is 1. The molecule has 25 heavy (non-hydrogen) atoms. The van der Waals surface area contributed by atoms with Crippen LogP contribution < -0.4 is 14.8 Å². The molecule has 0 saturated heterocycles. The van der Waals surface area contributed by atoms with Gasteiger partial charge in [-0.1, -0.05) is 17.7 Å². The number of hydrogen-bond acceptors (Lipinski definition) is 5. The predicted octanol–water partition coefficient (Wildman–Crippen LogP) is 2.91. The molecular weight excluding hydrogens is 318 g/mol. The monoisotopic (exact) mass is 341 g/mol. The van der Waals surface area contributed by atoms with Gasteiger partial charge in [-0.25, -0.2) is 0 Å². The second kappa shape index (κ2) is 7.96. The minimum atomic E-state index is -0.0111. The van der Waals surface area contributed by atoms with E-state index in [-0.39, 0.29) is 18.1 Å². The highest BCUT2D eigenvalue weighted by Crippen LogP contribution is 2.23. The van der Waals surface area contributed by atoms with E-state index in [1.807, 2.05) is 31.2 Å². The first kappa shape index (κ1) is 17.2. The number of amides is 1. The van der Waals surface area contributed by atoms with Gasteiger partial charge in [0.15, 0.2) is 0 Å². The Bertz CT molecular complexity index is 710. The average Bonchev–Trinajstić information content (AvgIpc) is 2.64. The first-order chi connectivity index (χ1) is 12.1. The third-order valence-electron chi connectivity index (χ3n) is 4.41. The lowest BCUT2D eigenvalue weighted by molar-refractivity contribution is 0.0889. The van der Waals surface area contributed by atoms with E-state index >= 15 is 0 Å². The number of aromatic nitrogens is 2. The summed E-state index contributed by atoms with van der Waals surface area (Å²) in [5, 5.41) is 3.11. The van der Waals surface area contributed by atoms with Crippen LogP contribution in [0.1, 0.15) is 41.6 Å². The van der Waals surface area contributed by atoms with Crippen LogP contribution in [0.25, 0.3) is 0 Å². The number of rotatable bonds is 5. The first-order valence-electron chi connectivity index (χ1n) is 8.54. The fourth-order valence-corrected chi connectivity index (χ4v) is 2.96. The minimum absolute atomic E-state index is 0.0111. The van der Waals surface area contributed by atoms with Gasteiger partial charge in [0, 0.05) is 11.6 Å². The van der Waals surface area contributed by atoms with Gasteiger partial charge in [0.2, 0.25) is 11.8 Å². The summed E-state index contributed by atoms with van der Waals surface area (Å²) in [6.07, 6.45) is 6.75. The fraction of sp³-hybridized carbons (Fsp3) is 0.421. The van der Waals surface area contributed by atoms with Gasteiger partial charge in [0.25, 0.3) is 5.91 Å². The van der Waals surface area contributed by atoms with Crippen LogP contribution in [-0.2, 0) is 0 Å². The van der Waals surface area contributed by atoms with Crippen molar-refractivity contribution in [2.75, 3.05) is 7.11 Å². The van der Waals surface area contributed by atoms with E-state index in [0.29, 0.717) is 17.3 Å². The van der Waals surface area contributed by atoms with Gasteiger partial charge in [-0.2, -0.15) is 4.98 Å². The molecule has 0 bridgehead atoms. The summed E-state index contributed by atoms with van der Waals surface area (Å²) in [5.74, 6) is 0.908. The molecule has 0 atom stereocenters. The second-order valence-electron chi connectivity index (χ2n) is 6.33. The van der Waals surface area contributed by atoms with Gasteiger partial charge >= 0.3 is 0 Å². The van der Waals surface area contributed by atoms with Gasteiger partial charge in [0.1, 0.15) is 6.10 Å². The number of nitrogens with zero attached hydrogens (tertiary/aromatic N) is 2. The van der Waals surface area contributed by atoms with Crippen molar-refractivity contribution in [1.29, 1.82) is 0 Å². The van der Waals surface area contributed by atoms with Crippen molar-refractivity contribution >= 4 is 5.91 Å². The molecule has 3 rings (SSSR count). The molecule has 6 heteroatoms. The summed E-state index contributed by atoms with van der Waals surface area (Å²) < 4.78 is 10.9. The Labute approximate surface area is 147 Å². The van der Waals surface area contributed by atoms with E-state index in [2.05, 4.69) is 15.3 Å². The van der Waals surface area contributed by atoms with E-state index in [1.165, 1.54) is 0 Å². The molecule has 1 fully saturated rings. The van der Waals surface area contributed by atoms with Crippen LogP contribution in [0.3, 0.4) is 0 Å². The molecular formula is C19H23N3O3. The van der Waals surface area contributed by atoms with Crippen LogP contribution in [0, 0.1) is 6.92 Å². The fourth-order valence-electron chi connectivity index (χ4n) is 2.96. The topological polar surface area (TPSA) is 73.3 Å². The average molecular weight is 341 g/mol. The van der Waals surface area contributed by atoms with Crippen LogP contribution in [0.15, 0.2) is 36.7 Å². The number of carbonyl (C=O) groups is 1. The molecule has 2 aromatic rings. The molecule has 1 saturated carbocycles. The molecule has 1 heterocycles. The van der Waals surface area contributed by atoms with Gasteiger partial charge in [-0.15, -0.1) is 0 Å². The number of nitrogens with one attached hydrogen (secondary N) is 1. The zero-order valence-corrected chi connectivity index (χ0v) is 14.6. The molecule has 1 aliphatic carbocycles. The standard InChI is InChI=1S/C19H23N3O3/c1-13-3-5-14(6-4-13)19(23)21-15-7-9-16(10-8-15)25-18-12-20-11-17(22-18)24-2/h3-6,11-12,15-16H,7-10H2,1-2H3,(H,21,23). The number of aryl methyl sites for hydroxylation is 1. The molecule has 1 aliphatic rings. The smallest absolute Gasteiger partial charge is 0.251 e. The first-order valence-corrected chi connectivity index (χ1v) is 8.54. The minimum Gasteiger partial charge on any atom is -0.480 e. The van der Waals surface area contributed by atoms with E-state index in [9.17, 15) is 4.79 Å². The third-order valence-corrected chi connectivity index (χ3v) is 4.41. The van der Waals surface area contributed by atoms with Crippen molar-refractivity contribution in [3.05, 3.63) is 47.8 Å². The van der Waals surface area contributed by atoms with E-state index in [0.717, 1.165) is 31.2 Å². The van der Waals surface area contributed by atoms with E-state index in [1.54, 1.807) is 19.5 Å². The SMILES string of the molecule is COc1cncc(OC2CCC(NC(=O)c3ccc(C)cc3)CC2)n1.